The highest BCUT2D eigenvalue weighted by Crippen LogP contribution is 2.31. The van der Waals surface area contributed by atoms with Gasteiger partial charge in [0.15, 0.2) is 0 Å². The molecule has 2 heterocycles. The van der Waals surface area contributed by atoms with Gasteiger partial charge in [-0.3, -0.25) is 29.0 Å². The Morgan fingerprint density at radius 1 is 0.756 bits per heavy atom. The van der Waals surface area contributed by atoms with Gasteiger partial charge in [0, 0.05) is 40.2 Å². The van der Waals surface area contributed by atoms with Crippen molar-refractivity contribution in [3.8, 4) is 0 Å². The van der Waals surface area contributed by atoms with Gasteiger partial charge >= 0.3 is 17.1 Å². The zero-order valence-electron chi connectivity index (χ0n) is 29.7. The minimum absolute atomic E-state index is 0.0790. The summed E-state index contributed by atoms with van der Waals surface area (Å²) >= 11 is 0. The van der Waals surface area contributed by atoms with Crippen LogP contribution in [0.4, 0.5) is 0 Å². The molecule has 6 atom stereocenters. The number of rotatable bonds is 20. The molecule has 2 saturated heterocycles. The Labute approximate surface area is 274 Å². The summed E-state index contributed by atoms with van der Waals surface area (Å²) in [6.45, 7) is 17.4. The number of imide groups is 2. The molecule has 9 nitrogen and oxygen atoms in total. The Bertz CT molecular complexity index is 1030. The fourth-order valence-electron chi connectivity index (χ4n) is 6.38. The third kappa shape index (κ3) is 11.7. The number of carbonyl (C=O) groups excluding carboxylic acids is 4. The molecule has 0 aliphatic carbocycles. The van der Waals surface area contributed by atoms with Gasteiger partial charge in [0.2, 0.25) is 23.6 Å². The normalized spacial score (nSPS) is 24.0. The van der Waals surface area contributed by atoms with Crippen molar-refractivity contribution in [3.05, 3.63) is 23.3 Å². The largest absolute Gasteiger partial charge is 0.415 e. The smallest absolute Gasteiger partial charge is 0.325 e. The van der Waals surface area contributed by atoms with Gasteiger partial charge in [-0.1, -0.05) is 63.8 Å². The summed E-state index contributed by atoms with van der Waals surface area (Å²) in [4.78, 5) is 54.4. The fraction of sp³-hybridized carbons (Fsp3) is 0.765. The highest BCUT2D eigenvalue weighted by Gasteiger charge is 2.44. The quantitative estimate of drug-likeness (QED) is 0.0808. The molecule has 0 spiro atoms. The third-order valence-electron chi connectivity index (χ3n) is 9.56. The zero-order valence-corrected chi connectivity index (χ0v) is 31.7. The van der Waals surface area contributed by atoms with Crippen molar-refractivity contribution in [2.24, 2.45) is 23.7 Å². The van der Waals surface area contributed by atoms with E-state index in [9.17, 15) is 19.2 Å². The van der Waals surface area contributed by atoms with E-state index in [0.29, 0.717) is 62.7 Å². The molecule has 0 bridgehead atoms. The van der Waals surface area contributed by atoms with Crippen LogP contribution in [0.25, 0.3) is 0 Å². The summed E-state index contributed by atoms with van der Waals surface area (Å²) in [5.74, 6) is -0.00367. The lowest BCUT2D eigenvalue weighted by Gasteiger charge is -2.36. The van der Waals surface area contributed by atoms with Crippen LogP contribution in [0.2, 0.25) is 25.2 Å². The van der Waals surface area contributed by atoms with Gasteiger partial charge in [0.1, 0.15) is 0 Å². The Kier molecular flexibility index (Phi) is 15.6. The zero-order chi connectivity index (χ0) is 33.9. The number of allylic oxidation sites excluding steroid dienone is 4. The van der Waals surface area contributed by atoms with E-state index >= 15 is 0 Å². The highest BCUT2D eigenvalue weighted by atomic mass is 28.5. The summed E-state index contributed by atoms with van der Waals surface area (Å²) in [7, 11) is -2.10. The van der Waals surface area contributed by atoms with Gasteiger partial charge in [0.05, 0.1) is 11.8 Å². The second kappa shape index (κ2) is 17.8. The van der Waals surface area contributed by atoms with Crippen molar-refractivity contribution in [1.82, 2.24) is 9.80 Å². The Morgan fingerprint density at radius 2 is 1.11 bits per heavy atom. The summed E-state index contributed by atoms with van der Waals surface area (Å²) < 4.78 is 18.5. The lowest BCUT2D eigenvalue weighted by molar-refractivity contribution is -0.140. The predicted molar refractivity (Wildman–Crippen MR) is 182 cm³/mol. The number of hydrogen-bond donors (Lipinski definition) is 0. The Morgan fingerprint density at radius 3 is 1.42 bits per heavy atom. The Balaban J connectivity index is 1.90. The van der Waals surface area contributed by atoms with E-state index < -0.39 is 17.1 Å². The molecule has 45 heavy (non-hydrogen) atoms. The molecule has 256 valence electrons. The second-order valence-corrected chi connectivity index (χ2v) is 20.9. The standard InChI is InChI=1S/C34H60N2O7Si2/c1-11-25(3)19-27(5)21-29-23-31(37)35(33(29)39)15-13-17-44(9,41-7)43-45(10,42-8)18-14-16-36-32(38)24-30(34(36)40)22-28(6)20-26(4)12-2/h19-20,25-26,29-30H,11-18,21-24H2,1-10H3/b27-19+,28-20+. The summed E-state index contributed by atoms with van der Waals surface area (Å²) in [5.41, 5.74) is 2.33. The number of likely N-dealkylation sites (tertiary alicyclic amines) is 2. The van der Waals surface area contributed by atoms with E-state index in [4.69, 9.17) is 13.0 Å². The predicted octanol–water partition coefficient (Wildman–Crippen LogP) is 6.74. The first-order valence-electron chi connectivity index (χ1n) is 16.9. The van der Waals surface area contributed by atoms with Gasteiger partial charge in [0.25, 0.3) is 0 Å². The van der Waals surface area contributed by atoms with Gasteiger partial charge in [-0.25, -0.2) is 0 Å². The van der Waals surface area contributed by atoms with E-state index in [1.54, 1.807) is 14.2 Å². The molecule has 4 amide bonds. The van der Waals surface area contributed by atoms with Crippen LogP contribution in [0.3, 0.4) is 0 Å². The molecule has 0 N–H and O–H groups in total. The van der Waals surface area contributed by atoms with Crippen molar-refractivity contribution in [2.75, 3.05) is 27.3 Å². The molecule has 0 saturated carbocycles. The van der Waals surface area contributed by atoms with Crippen LogP contribution in [0, 0.1) is 23.7 Å². The minimum atomic E-state index is -2.69. The number of carbonyl (C=O) groups is 4. The fourth-order valence-corrected chi connectivity index (χ4v) is 13.5. The van der Waals surface area contributed by atoms with E-state index in [1.165, 1.54) is 9.80 Å². The van der Waals surface area contributed by atoms with Gasteiger partial charge < -0.3 is 13.0 Å². The van der Waals surface area contributed by atoms with Crippen LogP contribution in [-0.4, -0.2) is 77.9 Å². The summed E-state index contributed by atoms with van der Waals surface area (Å²) in [6.07, 6.45) is 9.49. The maximum Gasteiger partial charge on any atom is 0.325 e. The maximum absolute atomic E-state index is 13.1. The lowest BCUT2D eigenvalue weighted by atomic mass is 9.95. The van der Waals surface area contributed by atoms with Gasteiger partial charge in [-0.2, -0.15) is 0 Å². The first-order chi connectivity index (χ1) is 21.1. The van der Waals surface area contributed by atoms with Gasteiger partial charge in [-0.05, 0) is 76.5 Å². The Hall–Kier alpha value is -1.93. The van der Waals surface area contributed by atoms with E-state index in [2.05, 4.69) is 39.8 Å². The summed E-state index contributed by atoms with van der Waals surface area (Å²) in [5, 5.41) is 0. The molecule has 11 heteroatoms. The molecule has 0 aromatic rings. The molecular formula is C34H60N2O7Si2. The highest BCUT2D eigenvalue weighted by molar-refractivity contribution is 6.80. The molecule has 0 aromatic heterocycles. The SMILES string of the molecule is CCC(C)/C=C(\C)CC1CC(=O)N(CCC[Si](C)(OC)O[Si](C)(CCCN2C(=O)CC(C/C(C)=C/C(C)CC)C2=O)OC)C1=O. The van der Waals surface area contributed by atoms with Crippen molar-refractivity contribution >= 4 is 40.8 Å². The van der Waals surface area contributed by atoms with E-state index in [1.807, 2.05) is 26.9 Å². The molecule has 2 aliphatic rings. The van der Waals surface area contributed by atoms with Crippen LogP contribution in [0.5, 0.6) is 0 Å². The average Bonchev–Trinajstić information content (AvgIpc) is 3.40. The third-order valence-corrected chi connectivity index (χ3v) is 17.3. The van der Waals surface area contributed by atoms with Crippen LogP contribution in [-0.2, 0) is 32.1 Å². The van der Waals surface area contributed by atoms with Crippen LogP contribution >= 0.6 is 0 Å². The number of nitrogens with zero attached hydrogens (tertiary/aromatic N) is 2. The lowest BCUT2D eigenvalue weighted by Crippen LogP contribution is -2.51. The summed E-state index contributed by atoms with van der Waals surface area (Å²) in [6, 6.07) is 1.22. The minimum Gasteiger partial charge on any atom is -0.415 e. The van der Waals surface area contributed by atoms with Gasteiger partial charge in [-0.15, -0.1) is 0 Å². The number of hydrogen-bond acceptors (Lipinski definition) is 7. The first kappa shape index (κ1) is 39.3. The van der Waals surface area contributed by atoms with Crippen molar-refractivity contribution in [3.63, 3.8) is 0 Å². The van der Waals surface area contributed by atoms with Crippen LogP contribution in [0.1, 0.15) is 92.9 Å². The first-order valence-corrected chi connectivity index (χ1v) is 22.0. The molecule has 0 radical (unpaired) electrons. The van der Waals surface area contributed by atoms with Crippen LogP contribution in [0.15, 0.2) is 23.3 Å². The van der Waals surface area contributed by atoms with Crippen molar-refractivity contribution in [2.45, 2.75) is 118 Å². The number of amides is 4. The molecular weight excluding hydrogens is 605 g/mol. The molecule has 6 unspecified atom stereocenters. The molecule has 0 aromatic carbocycles. The van der Waals surface area contributed by atoms with Crippen LogP contribution < -0.4 is 0 Å². The van der Waals surface area contributed by atoms with E-state index in [-0.39, 0.29) is 48.3 Å². The molecule has 2 aliphatic heterocycles. The van der Waals surface area contributed by atoms with E-state index in [0.717, 1.165) is 24.0 Å². The monoisotopic (exact) mass is 664 g/mol. The average molecular weight is 665 g/mol. The molecule has 2 rings (SSSR count). The maximum atomic E-state index is 13.1. The van der Waals surface area contributed by atoms with Crippen molar-refractivity contribution in [1.29, 1.82) is 0 Å². The molecule has 2 fully saturated rings. The van der Waals surface area contributed by atoms with Crippen molar-refractivity contribution < 1.29 is 32.1 Å². The topological polar surface area (TPSA) is 102 Å². The second-order valence-electron chi connectivity index (χ2n) is 13.8.